The van der Waals surface area contributed by atoms with E-state index in [0.29, 0.717) is 17.9 Å². The van der Waals surface area contributed by atoms with Gasteiger partial charge >= 0.3 is 0 Å². The number of aryl methyl sites for hydroxylation is 1. The predicted octanol–water partition coefficient (Wildman–Crippen LogP) is 0.0369. The molecule has 19 heavy (non-hydrogen) atoms. The van der Waals surface area contributed by atoms with E-state index in [1.54, 1.807) is 25.3 Å². The second-order valence-corrected chi connectivity index (χ2v) is 6.49. The summed E-state index contributed by atoms with van der Waals surface area (Å²) in [5, 5.41) is 3.24. The number of sulfonamides is 1. The van der Waals surface area contributed by atoms with Crippen LogP contribution >= 0.6 is 0 Å². The highest BCUT2D eigenvalue weighted by molar-refractivity contribution is 7.92. The molecule has 2 N–H and O–H groups in total. The summed E-state index contributed by atoms with van der Waals surface area (Å²) in [4.78, 5) is 6.23. The Balaban J connectivity index is 1.90. The first-order valence-electron chi connectivity index (χ1n) is 6.42. The standard InChI is InChI=1S/C12H20N4O2S/c1-11-12(3-2-4-14-11)15-19(17,18)10-9-16-7-5-13-6-8-16/h2-4,13,15H,5-10H2,1H3. The molecule has 2 heterocycles. The van der Waals surface area contributed by atoms with E-state index in [9.17, 15) is 8.42 Å². The molecule has 1 aromatic rings. The first kappa shape index (κ1) is 14.2. The monoisotopic (exact) mass is 284 g/mol. The van der Waals surface area contributed by atoms with Crippen molar-refractivity contribution in [2.24, 2.45) is 0 Å². The smallest absolute Gasteiger partial charge is 0.234 e. The van der Waals surface area contributed by atoms with E-state index in [1.165, 1.54) is 0 Å². The van der Waals surface area contributed by atoms with Gasteiger partial charge < -0.3 is 5.32 Å². The molecular weight excluding hydrogens is 264 g/mol. The normalized spacial score (nSPS) is 17.3. The van der Waals surface area contributed by atoms with Crippen molar-refractivity contribution in [2.45, 2.75) is 6.92 Å². The van der Waals surface area contributed by atoms with Crippen molar-refractivity contribution in [1.29, 1.82) is 0 Å². The molecule has 106 valence electrons. The molecule has 0 amide bonds. The quantitative estimate of drug-likeness (QED) is 0.798. The number of piperazine rings is 1. The number of nitrogens with zero attached hydrogens (tertiary/aromatic N) is 2. The largest absolute Gasteiger partial charge is 0.314 e. The fraction of sp³-hybridized carbons (Fsp3) is 0.583. The molecule has 0 atom stereocenters. The van der Waals surface area contributed by atoms with E-state index in [1.807, 2.05) is 0 Å². The third-order valence-corrected chi connectivity index (χ3v) is 4.41. The topological polar surface area (TPSA) is 74.3 Å². The van der Waals surface area contributed by atoms with Crippen molar-refractivity contribution in [1.82, 2.24) is 15.2 Å². The zero-order chi connectivity index (χ0) is 13.7. The highest BCUT2D eigenvalue weighted by Gasteiger charge is 2.16. The Labute approximate surface area is 114 Å². The summed E-state index contributed by atoms with van der Waals surface area (Å²) in [5.74, 6) is 0.112. The van der Waals surface area contributed by atoms with Crippen LogP contribution in [0.15, 0.2) is 18.3 Å². The van der Waals surface area contributed by atoms with Gasteiger partial charge in [0.2, 0.25) is 10.0 Å². The zero-order valence-electron chi connectivity index (χ0n) is 11.1. The van der Waals surface area contributed by atoms with Crippen molar-refractivity contribution in [2.75, 3.05) is 43.2 Å². The Morgan fingerprint density at radius 2 is 2.16 bits per heavy atom. The molecule has 0 saturated carbocycles. The number of pyridine rings is 1. The number of aromatic nitrogens is 1. The molecular formula is C12H20N4O2S. The Morgan fingerprint density at radius 1 is 1.42 bits per heavy atom. The Hall–Kier alpha value is -1.18. The molecule has 1 saturated heterocycles. The molecule has 1 fully saturated rings. The summed E-state index contributed by atoms with van der Waals surface area (Å²) in [5.41, 5.74) is 1.25. The molecule has 0 unspecified atom stereocenters. The maximum atomic E-state index is 12.0. The van der Waals surface area contributed by atoms with Gasteiger partial charge in [0.1, 0.15) is 0 Å². The van der Waals surface area contributed by atoms with Crippen molar-refractivity contribution >= 4 is 15.7 Å². The first-order chi connectivity index (χ1) is 9.07. The van der Waals surface area contributed by atoms with Gasteiger partial charge in [-0.05, 0) is 19.1 Å². The number of hydrogen-bond acceptors (Lipinski definition) is 5. The van der Waals surface area contributed by atoms with Crippen molar-refractivity contribution < 1.29 is 8.42 Å². The zero-order valence-corrected chi connectivity index (χ0v) is 11.9. The van der Waals surface area contributed by atoms with Gasteiger partial charge in [-0.1, -0.05) is 0 Å². The Kier molecular flexibility index (Phi) is 4.73. The van der Waals surface area contributed by atoms with E-state index >= 15 is 0 Å². The van der Waals surface area contributed by atoms with Crippen LogP contribution in [0.4, 0.5) is 5.69 Å². The summed E-state index contributed by atoms with van der Waals surface area (Å²) < 4.78 is 26.6. The molecule has 0 aliphatic carbocycles. The second kappa shape index (κ2) is 6.31. The van der Waals surface area contributed by atoms with E-state index in [4.69, 9.17) is 0 Å². The van der Waals surface area contributed by atoms with Crippen LogP contribution < -0.4 is 10.0 Å². The van der Waals surface area contributed by atoms with Gasteiger partial charge in [-0.3, -0.25) is 14.6 Å². The van der Waals surface area contributed by atoms with E-state index in [2.05, 4.69) is 19.9 Å². The minimum absolute atomic E-state index is 0.112. The maximum absolute atomic E-state index is 12.0. The lowest BCUT2D eigenvalue weighted by atomic mass is 10.3. The number of anilines is 1. The van der Waals surface area contributed by atoms with E-state index in [0.717, 1.165) is 26.2 Å². The van der Waals surface area contributed by atoms with Gasteiger partial charge in [-0.15, -0.1) is 0 Å². The van der Waals surface area contributed by atoms with Gasteiger partial charge in [-0.2, -0.15) is 0 Å². The Bertz CT molecular complexity index is 512. The summed E-state index contributed by atoms with van der Waals surface area (Å²) in [6.45, 7) is 6.01. The van der Waals surface area contributed by atoms with E-state index < -0.39 is 10.0 Å². The minimum Gasteiger partial charge on any atom is -0.314 e. The molecule has 7 heteroatoms. The van der Waals surface area contributed by atoms with Crippen molar-refractivity contribution in [3.63, 3.8) is 0 Å². The van der Waals surface area contributed by atoms with Crippen molar-refractivity contribution in [3.05, 3.63) is 24.0 Å². The van der Waals surface area contributed by atoms with Gasteiger partial charge in [0.15, 0.2) is 0 Å². The van der Waals surface area contributed by atoms with Crippen LogP contribution in [0, 0.1) is 6.92 Å². The summed E-state index contributed by atoms with van der Waals surface area (Å²) in [7, 11) is -3.31. The van der Waals surface area contributed by atoms with Gasteiger partial charge in [0.05, 0.1) is 17.1 Å². The van der Waals surface area contributed by atoms with Crippen LogP contribution in [0.1, 0.15) is 5.69 Å². The number of hydrogen-bond donors (Lipinski definition) is 2. The van der Waals surface area contributed by atoms with Crippen LogP contribution in [0.5, 0.6) is 0 Å². The Morgan fingerprint density at radius 3 is 2.84 bits per heavy atom. The summed E-state index contributed by atoms with van der Waals surface area (Å²) in [6.07, 6.45) is 1.65. The second-order valence-electron chi connectivity index (χ2n) is 4.65. The lowest BCUT2D eigenvalue weighted by Gasteiger charge is -2.26. The molecule has 0 spiro atoms. The molecule has 6 nitrogen and oxygen atoms in total. The average molecular weight is 284 g/mol. The maximum Gasteiger partial charge on any atom is 0.234 e. The number of rotatable bonds is 5. The molecule has 1 aliphatic heterocycles. The minimum atomic E-state index is -3.31. The van der Waals surface area contributed by atoms with Gasteiger partial charge in [0.25, 0.3) is 0 Å². The fourth-order valence-corrected chi connectivity index (χ4v) is 3.15. The lowest BCUT2D eigenvalue weighted by molar-refractivity contribution is 0.254. The first-order valence-corrected chi connectivity index (χ1v) is 8.07. The third kappa shape index (κ3) is 4.45. The van der Waals surface area contributed by atoms with Crippen LogP contribution in [0.2, 0.25) is 0 Å². The summed E-state index contributed by atoms with van der Waals surface area (Å²) >= 11 is 0. The highest BCUT2D eigenvalue weighted by Crippen LogP contribution is 2.12. The summed E-state index contributed by atoms with van der Waals surface area (Å²) in [6, 6.07) is 3.45. The van der Waals surface area contributed by atoms with Crippen molar-refractivity contribution in [3.8, 4) is 0 Å². The van der Waals surface area contributed by atoms with Gasteiger partial charge in [-0.25, -0.2) is 8.42 Å². The van der Waals surface area contributed by atoms with Crippen LogP contribution in [0.25, 0.3) is 0 Å². The van der Waals surface area contributed by atoms with Crippen LogP contribution in [-0.4, -0.2) is 56.8 Å². The lowest BCUT2D eigenvalue weighted by Crippen LogP contribution is -2.45. The fourth-order valence-electron chi connectivity index (χ4n) is 1.99. The molecule has 2 rings (SSSR count). The average Bonchev–Trinajstić information content (AvgIpc) is 2.40. The molecule has 1 aromatic heterocycles. The van der Waals surface area contributed by atoms with Crippen LogP contribution in [0.3, 0.4) is 0 Å². The molecule has 0 bridgehead atoms. The number of nitrogens with one attached hydrogen (secondary N) is 2. The molecule has 1 aliphatic rings. The third-order valence-electron chi connectivity index (χ3n) is 3.16. The molecule has 0 aromatic carbocycles. The van der Waals surface area contributed by atoms with Crippen LogP contribution in [-0.2, 0) is 10.0 Å². The van der Waals surface area contributed by atoms with Gasteiger partial charge in [0, 0.05) is 38.9 Å². The SMILES string of the molecule is Cc1ncccc1NS(=O)(=O)CCN1CCNCC1. The molecule has 0 radical (unpaired) electrons. The van der Waals surface area contributed by atoms with E-state index in [-0.39, 0.29) is 5.75 Å². The predicted molar refractivity (Wildman–Crippen MR) is 75.7 cm³/mol. The highest BCUT2D eigenvalue weighted by atomic mass is 32.2.